The van der Waals surface area contributed by atoms with Gasteiger partial charge < -0.3 is 24.3 Å². The Kier molecular flexibility index (Phi) is 4.36. The highest BCUT2D eigenvalue weighted by Gasteiger charge is 2.63. The first-order valence-electron chi connectivity index (χ1n) is 10.3. The lowest BCUT2D eigenvalue weighted by molar-refractivity contribution is -0.122. The lowest BCUT2D eigenvalue weighted by Crippen LogP contribution is -2.43. The summed E-state index contributed by atoms with van der Waals surface area (Å²) >= 11 is 0. The quantitative estimate of drug-likeness (QED) is 0.801. The molecule has 2 aromatic rings. The van der Waals surface area contributed by atoms with Gasteiger partial charge in [0.1, 0.15) is 5.65 Å². The SMILES string of the molecule is CN(C)CC(=O)NC[C@H]1[C@H]2CN(C(=O)c3ccc4nccn4c3)C[C@]23CC[C@H]1O3. The zero-order valence-electron chi connectivity index (χ0n) is 16.9. The topological polar surface area (TPSA) is 79.2 Å². The second-order valence-corrected chi connectivity index (χ2v) is 8.87. The van der Waals surface area contributed by atoms with Crippen LogP contribution in [0.5, 0.6) is 0 Å². The van der Waals surface area contributed by atoms with E-state index in [0.717, 1.165) is 18.5 Å². The van der Waals surface area contributed by atoms with E-state index in [1.165, 1.54) is 0 Å². The third-order valence-corrected chi connectivity index (χ3v) is 6.70. The predicted octanol–water partition coefficient (Wildman–Crippen LogP) is 0.632. The lowest BCUT2D eigenvalue weighted by atomic mass is 9.73. The molecule has 2 bridgehead atoms. The first-order valence-corrected chi connectivity index (χ1v) is 10.3. The summed E-state index contributed by atoms with van der Waals surface area (Å²) in [5.74, 6) is 0.615. The third-order valence-electron chi connectivity index (χ3n) is 6.70. The maximum atomic E-state index is 13.2. The average Bonchev–Trinajstić information content (AvgIpc) is 3.43. The van der Waals surface area contributed by atoms with E-state index >= 15 is 0 Å². The van der Waals surface area contributed by atoms with Crippen LogP contribution < -0.4 is 5.32 Å². The molecule has 8 heteroatoms. The van der Waals surface area contributed by atoms with Crippen molar-refractivity contribution in [2.75, 3.05) is 40.3 Å². The Balaban J connectivity index is 1.29. The molecule has 5 heterocycles. The molecule has 4 atom stereocenters. The van der Waals surface area contributed by atoms with Crippen molar-refractivity contribution in [1.82, 2.24) is 24.5 Å². The minimum atomic E-state index is -0.240. The van der Waals surface area contributed by atoms with Gasteiger partial charge in [-0.25, -0.2) is 4.98 Å². The first-order chi connectivity index (χ1) is 13.9. The molecule has 0 unspecified atom stereocenters. The van der Waals surface area contributed by atoms with E-state index in [0.29, 0.717) is 31.7 Å². The molecule has 0 aliphatic carbocycles. The molecule has 0 saturated carbocycles. The maximum absolute atomic E-state index is 13.2. The number of imidazole rings is 1. The zero-order valence-corrected chi connectivity index (χ0v) is 16.9. The van der Waals surface area contributed by atoms with Gasteiger partial charge in [0, 0.05) is 43.5 Å². The number of likely N-dealkylation sites (N-methyl/N-ethyl adjacent to an activating group) is 1. The van der Waals surface area contributed by atoms with E-state index in [1.54, 1.807) is 6.20 Å². The largest absolute Gasteiger partial charge is 0.369 e. The monoisotopic (exact) mass is 397 g/mol. The number of hydrogen-bond acceptors (Lipinski definition) is 5. The van der Waals surface area contributed by atoms with Crippen LogP contribution in [0.15, 0.2) is 30.7 Å². The van der Waals surface area contributed by atoms with Gasteiger partial charge in [-0.3, -0.25) is 9.59 Å². The molecule has 154 valence electrons. The first kappa shape index (κ1) is 18.6. The van der Waals surface area contributed by atoms with Crippen LogP contribution in [0.3, 0.4) is 0 Å². The summed E-state index contributed by atoms with van der Waals surface area (Å²) in [7, 11) is 3.77. The Morgan fingerprint density at radius 3 is 3.07 bits per heavy atom. The van der Waals surface area contributed by atoms with Crippen LogP contribution in [0.4, 0.5) is 0 Å². The predicted molar refractivity (Wildman–Crippen MR) is 106 cm³/mol. The Bertz CT molecular complexity index is 957. The molecule has 3 fully saturated rings. The van der Waals surface area contributed by atoms with E-state index in [2.05, 4.69) is 10.3 Å². The molecule has 3 saturated heterocycles. The molecule has 3 aliphatic heterocycles. The highest BCUT2D eigenvalue weighted by molar-refractivity contribution is 5.94. The number of likely N-dealkylation sites (tertiary alicyclic amines) is 1. The van der Waals surface area contributed by atoms with E-state index in [9.17, 15) is 9.59 Å². The number of ether oxygens (including phenoxy) is 1. The average molecular weight is 397 g/mol. The Labute approximate surface area is 169 Å². The second kappa shape index (κ2) is 6.81. The minimum absolute atomic E-state index is 0.0337. The van der Waals surface area contributed by atoms with Crippen molar-refractivity contribution in [3.63, 3.8) is 0 Å². The van der Waals surface area contributed by atoms with Gasteiger partial charge in [0.05, 0.1) is 30.4 Å². The van der Waals surface area contributed by atoms with Crippen LogP contribution in [0, 0.1) is 11.8 Å². The van der Waals surface area contributed by atoms with Gasteiger partial charge in [-0.15, -0.1) is 0 Å². The van der Waals surface area contributed by atoms with Crippen molar-refractivity contribution in [3.8, 4) is 0 Å². The Hall–Kier alpha value is -2.45. The van der Waals surface area contributed by atoms with E-state index < -0.39 is 0 Å². The number of pyridine rings is 1. The number of carbonyl (C=O) groups is 2. The maximum Gasteiger partial charge on any atom is 0.255 e. The molecule has 2 aromatic heterocycles. The molecule has 5 rings (SSSR count). The molecule has 29 heavy (non-hydrogen) atoms. The number of amides is 2. The molecule has 8 nitrogen and oxygen atoms in total. The molecule has 2 amide bonds. The fourth-order valence-corrected chi connectivity index (χ4v) is 5.42. The molecular formula is C21H27N5O3. The molecule has 0 radical (unpaired) electrons. The van der Waals surface area contributed by atoms with Crippen LogP contribution in [-0.2, 0) is 9.53 Å². The molecule has 0 aromatic carbocycles. The lowest BCUT2D eigenvalue weighted by Gasteiger charge is -2.29. The van der Waals surface area contributed by atoms with Crippen LogP contribution >= 0.6 is 0 Å². The highest BCUT2D eigenvalue weighted by atomic mass is 16.5. The number of carbonyl (C=O) groups excluding carboxylic acids is 2. The number of nitrogens with one attached hydrogen (secondary N) is 1. The van der Waals surface area contributed by atoms with Gasteiger partial charge in [-0.1, -0.05) is 0 Å². The number of rotatable bonds is 5. The van der Waals surface area contributed by atoms with Gasteiger partial charge in [0.15, 0.2) is 0 Å². The van der Waals surface area contributed by atoms with Crippen LogP contribution in [-0.4, -0.2) is 83.0 Å². The summed E-state index contributed by atoms with van der Waals surface area (Å²) in [5, 5.41) is 3.07. The van der Waals surface area contributed by atoms with Gasteiger partial charge in [0.2, 0.25) is 5.91 Å². The normalized spacial score (nSPS) is 30.3. The highest BCUT2D eigenvalue weighted by Crippen LogP contribution is 2.54. The van der Waals surface area contributed by atoms with Crippen molar-refractivity contribution in [3.05, 3.63) is 36.3 Å². The number of aromatic nitrogens is 2. The summed E-state index contributed by atoms with van der Waals surface area (Å²) < 4.78 is 8.28. The second-order valence-electron chi connectivity index (χ2n) is 8.87. The molecule has 3 aliphatic rings. The van der Waals surface area contributed by atoms with Crippen molar-refractivity contribution < 1.29 is 14.3 Å². The van der Waals surface area contributed by atoms with Crippen molar-refractivity contribution >= 4 is 17.5 Å². The molecular weight excluding hydrogens is 370 g/mol. The van der Waals surface area contributed by atoms with Gasteiger partial charge in [-0.2, -0.15) is 0 Å². The van der Waals surface area contributed by atoms with Crippen LogP contribution in [0.2, 0.25) is 0 Å². The smallest absolute Gasteiger partial charge is 0.255 e. The number of fused-ring (bicyclic) bond motifs is 2. The van der Waals surface area contributed by atoms with Crippen molar-refractivity contribution in [2.24, 2.45) is 11.8 Å². The fraction of sp³-hybridized carbons (Fsp3) is 0.571. The van der Waals surface area contributed by atoms with Crippen LogP contribution in [0.25, 0.3) is 5.65 Å². The standard InChI is InChI=1S/C21H27N5O3/c1-24(2)12-19(27)23-9-15-16-11-26(13-21(16)6-5-17(15)29-21)20(28)14-3-4-18-22-7-8-25(18)10-14/h3-4,7-8,10,15-17H,5-6,9,11-13H2,1-2H3,(H,23,27)/t15-,16+,17+,21+/m0/s1. The van der Waals surface area contributed by atoms with Gasteiger partial charge in [0.25, 0.3) is 5.91 Å². The summed E-state index contributed by atoms with van der Waals surface area (Å²) in [5.41, 5.74) is 1.25. The zero-order chi connectivity index (χ0) is 20.2. The summed E-state index contributed by atoms with van der Waals surface area (Å²) in [6, 6.07) is 3.71. The van der Waals surface area contributed by atoms with Crippen LogP contribution in [0.1, 0.15) is 23.2 Å². The molecule has 1 N–H and O–H groups in total. The Morgan fingerprint density at radius 2 is 2.24 bits per heavy atom. The Morgan fingerprint density at radius 1 is 1.38 bits per heavy atom. The number of hydrogen-bond donors (Lipinski definition) is 1. The van der Waals surface area contributed by atoms with E-state index in [4.69, 9.17) is 4.74 Å². The molecule has 1 spiro atoms. The van der Waals surface area contributed by atoms with E-state index in [-0.39, 0.29) is 35.4 Å². The third kappa shape index (κ3) is 3.11. The summed E-state index contributed by atoms with van der Waals surface area (Å²) in [4.78, 5) is 33.3. The van der Waals surface area contributed by atoms with Gasteiger partial charge in [-0.05, 0) is 39.1 Å². The van der Waals surface area contributed by atoms with Crippen molar-refractivity contribution in [1.29, 1.82) is 0 Å². The fourth-order valence-electron chi connectivity index (χ4n) is 5.42. The van der Waals surface area contributed by atoms with Gasteiger partial charge >= 0.3 is 0 Å². The summed E-state index contributed by atoms with van der Waals surface area (Å²) in [6.45, 7) is 2.32. The van der Waals surface area contributed by atoms with Crippen molar-refractivity contribution in [2.45, 2.75) is 24.5 Å². The summed E-state index contributed by atoms with van der Waals surface area (Å²) in [6.07, 6.45) is 7.61. The minimum Gasteiger partial charge on any atom is -0.369 e. The van der Waals surface area contributed by atoms with E-state index in [1.807, 2.05) is 52.8 Å². The number of nitrogens with zero attached hydrogens (tertiary/aromatic N) is 4.